The van der Waals surface area contributed by atoms with E-state index in [4.69, 9.17) is 4.74 Å². The average Bonchev–Trinajstić information content (AvgIpc) is 2.29. The summed E-state index contributed by atoms with van der Waals surface area (Å²) in [5, 5.41) is 0. The highest BCUT2D eigenvalue weighted by Crippen LogP contribution is 2.26. The van der Waals surface area contributed by atoms with Crippen molar-refractivity contribution in [3.8, 4) is 11.5 Å². The zero-order chi connectivity index (χ0) is 12.3. The van der Waals surface area contributed by atoms with Crippen LogP contribution in [0.1, 0.15) is 15.9 Å². The van der Waals surface area contributed by atoms with Gasteiger partial charge in [0, 0.05) is 10.0 Å². The number of carbonyl (C=O) groups is 1. The topological polar surface area (TPSA) is 26.3 Å². The molecule has 2 aromatic carbocycles. The summed E-state index contributed by atoms with van der Waals surface area (Å²) in [7, 11) is 0. The Kier molecular flexibility index (Phi) is 3.59. The molecule has 3 heteroatoms. The van der Waals surface area contributed by atoms with Gasteiger partial charge in [-0.25, -0.2) is 0 Å². The molecule has 17 heavy (non-hydrogen) atoms. The molecule has 0 spiro atoms. The van der Waals surface area contributed by atoms with E-state index < -0.39 is 0 Å². The van der Waals surface area contributed by atoms with Crippen LogP contribution in [0.5, 0.6) is 11.5 Å². The van der Waals surface area contributed by atoms with Gasteiger partial charge in [-0.2, -0.15) is 0 Å². The van der Waals surface area contributed by atoms with Gasteiger partial charge >= 0.3 is 0 Å². The maximum absolute atomic E-state index is 10.7. The quantitative estimate of drug-likeness (QED) is 0.785. The summed E-state index contributed by atoms with van der Waals surface area (Å²) in [6.07, 6.45) is 0.806. The van der Waals surface area contributed by atoms with Crippen LogP contribution in [0.4, 0.5) is 0 Å². The van der Waals surface area contributed by atoms with Crippen molar-refractivity contribution in [3.63, 3.8) is 0 Å². The Labute approximate surface area is 108 Å². The lowest BCUT2D eigenvalue weighted by Crippen LogP contribution is -1.87. The van der Waals surface area contributed by atoms with E-state index in [-0.39, 0.29) is 0 Å². The van der Waals surface area contributed by atoms with Crippen LogP contribution in [0.15, 0.2) is 46.9 Å². The van der Waals surface area contributed by atoms with Gasteiger partial charge in [-0.3, -0.25) is 4.79 Å². The van der Waals surface area contributed by atoms with Gasteiger partial charge in [0.05, 0.1) is 0 Å². The van der Waals surface area contributed by atoms with E-state index in [0.29, 0.717) is 11.3 Å². The summed E-state index contributed by atoms with van der Waals surface area (Å²) in [6, 6.07) is 13.1. The first-order valence-electron chi connectivity index (χ1n) is 5.18. The lowest BCUT2D eigenvalue weighted by atomic mass is 10.2. The Morgan fingerprint density at radius 1 is 1.12 bits per heavy atom. The Morgan fingerprint density at radius 3 is 2.53 bits per heavy atom. The molecule has 0 amide bonds. The van der Waals surface area contributed by atoms with Crippen molar-refractivity contribution in [2.75, 3.05) is 0 Å². The Bertz CT molecular complexity index is 550. The van der Waals surface area contributed by atoms with E-state index in [2.05, 4.69) is 15.9 Å². The molecule has 0 aromatic heterocycles. The molecule has 0 aliphatic rings. The van der Waals surface area contributed by atoms with Crippen molar-refractivity contribution < 1.29 is 9.53 Å². The van der Waals surface area contributed by atoms with Crippen molar-refractivity contribution in [1.82, 2.24) is 0 Å². The Hall–Kier alpha value is -1.61. The first kappa shape index (κ1) is 11.9. The number of benzene rings is 2. The minimum absolute atomic E-state index is 0.613. The molecule has 0 saturated carbocycles. The van der Waals surface area contributed by atoms with Gasteiger partial charge in [0.15, 0.2) is 6.29 Å². The standard InChI is InChI=1S/C14H11BrO2/c1-10-3-2-4-12(7-10)17-13-6-5-11(9-16)14(15)8-13/h2-9H,1H3. The van der Waals surface area contributed by atoms with Crippen molar-refractivity contribution >= 4 is 22.2 Å². The van der Waals surface area contributed by atoms with Crippen molar-refractivity contribution in [2.45, 2.75) is 6.92 Å². The van der Waals surface area contributed by atoms with E-state index in [1.165, 1.54) is 0 Å². The van der Waals surface area contributed by atoms with Gasteiger partial charge < -0.3 is 4.74 Å². The smallest absolute Gasteiger partial charge is 0.151 e. The fraction of sp³-hybridized carbons (Fsp3) is 0.0714. The second kappa shape index (κ2) is 5.15. The molecule has 0 unspecified atom stereocenters. The number of halogens is 1. The molecule has 0 aliphatic carbocycles. The van der Waals surface area contributed by atoms with E-state index in [1.54, 1.807) is 18.2 Å². The summed E-state index contributed by atoms with van der Waals surface area (Å²) in [5.41, 5.74) is 1.76. The fourth-order valence-corrected chi connectivity index (χ4v) is 1.93. The second-order valence-electron chi connectivity index (χ2n) is 3.72. The summed E-state index contributed by atoms with van der Waals surface area (Å²) in [5.74, 6) is 1.49. The third-order valence-corrected chi connectivity index (χ3v) is 3.01. The predicted molar refractivity (Wildman–Crippen MR) is 70.8 cm³/mol. The average molecular weight is 291 g/mol. The summed E-state index contributed by atoms with van der Waals surface area (Å²) in [4.78, 5) is 10.7. The van der Waals surface area contributed by atoms with Gasteiger partial charge in [-0.1, -0.05) is 12.1 Å². The van der Waals surface area contributed by atoms with Crippen LogP contribution in [0.25, 0.3) is 0 Å². The van der Waals surface area contributed by atoms with Crippen LogP contribution < -0.4 is 4.74 Å². The van der Waals surface area contributed by atoms with Gasteiger partial charge in [-0.15, -0.1) is 0 Å². The number of hydrogen-bond acceptors (Lipinski definition) is 2. The molecule has 0 heterocycles. The summed E-state index contributed by atoms with van der Waals surface area (Å²) < 4.78 is 6.43. The monoisotopic (exact) mass is 290 g/mol. The van der Waals surface area contributed by atoms with Crippen LogP contribution >= 0.6 is 15.9 Å². The highest BCUT2D eigenvalue weighted by molar-refractivity contribution is 9.10. The van der Waals surface area contributed by atoms with Crippen LogP contribution in [0.2, 0.25) is 0 Å². The maximum atomic E-state index is 10.7. The molecule has 0 N–H and O–H groups in total. The van der Waals surface area contributed by atoms with Crippen molar-refractivity contribution in [1.29, 1.82) is 0 Å². The van der Waals surface area contributed by atoms with Crippen molar-refractivity contribution in [3.05, 3.63) is 58.1 Å². The number of hydrogen-bond donors (Lipinski definition) is 0. The van der Waals surface area contributed by atoms with Crippen LogP contribution in [0, 0.1) is 6.92 Å². The number of aryl methyl sites for hydroxylation is 1. The molecule has 0 atom stereocenters. The lowest BCUT2D eigenvalue weighted by molar-refractivity contribution is 0.112. The molecule has 2 rings (SSSR count). The van der Waals surface area contributed by atoms with Gasteiger partial charge in [0.2, 0.25) is 0 Å². The zero-order valence-electron chi connectivity index (χ0n) is 9.31. The first-order chi connectivity index (χ1) is 8.19. The Morgan fingerprint density at radius 2 is 1.88 bits per heavy atom. The molecule has 2 aromatic rings. The minimum atomic E-state index is 0.613. The normalized spacial score (nSPS) is 10.0. The summed E-state index contributed by atoms with van der Waals surface area (Å²) in [6.45, 7) is 2.01. The minimum Gasteiger partial charge on any atom is -0.457 e. The molecule has 86 valence electrons. The third-order valence-electron chi connectivity index (χ3n) is 2.32. The predicted octanol–water partition coefficient (Wildman–Crippen LogP) is 4.36. The highest BCUT2D eigenvalue weighted by Gasteiger charge is 2.02. The van der Waals surface area contributed by atoms with E-state index in [9.17, 15) is 4.79 Å². The molecule has 0 bridgehead atoms. The number of carbonyl (C=O) groups excluding carboxylic acids is 1. The molecule has 0 saturated heterocycles. The molecular formula is C14H11BrO2. The second-order valence-corrected chi connectivity index (χ2v) is 4.57. The van der Waals surface area contributed by atoms with Gasteiger partial charge in [0.1, 0.15) is 11.5 Å². The highest BCUT2D eigenvalue weighted by atomic mass is 79.9. The molecule has 2 nitrogen and oxygen atoms in total. The van der Waals surface area contributed by atoms with E-state index in [0.717, 1.165) is 22.1 Å². The molecule has 0 aliphatic heterocycles. The third kappa shape index (κ3) is 2.94. The number of aldehydes is 1. The molecule has 0 fully saturated rings. The SMILES string of the molecule is Cc1cccc(Oc2ccc(C=O)c(Br)c2)c1. The largest absolute Gasteiger partial charge is 0.457 e. The summed E-state index contributed by atoms with van der Waals surface area (Å²) >= 11 is 3.32. The van der Waals surface area contributed by atoms with Gasteiger partial charge in [-0.05, 0) is 58.7 Å². The van der Waals surface area contributed by atoms with Crippen LogP contribution in [-0.4, -0.2) is 6.29 Å². The van der Waals surface area contributed by atoms with Crippen LogP contribution in [-0.2, 0) is 0 Å². The molecular weight excluding hydrogens is 280 g/mol. The van der Waals surface area contributed by atoms with Gasteiger partial charge in [0.25, 0.3) is 0 Å². The first-order valence-corrected chi connectivity index (χ1v) is 5.97. The van der Waals surface area contributed by atoms with Crippen LogP contribution in [0.3, 0.4) is 0 Å². The fourth-order valence-electron chi connectivity index (χ4n) is 1.48. The zero-order valence-corrected chi connectivity index (χ0v) is 10.9. The number of ether oxygens (including phenoxy) is 1. The van der Waals surface area contributed by atoms with Crippen molar-refractivity contribution in [2.24, 2.45) is 0 Å². The molecule has 0 radical (unpaired) electrons. The Balaban J connectivity index is 2.24. The van der Waals surface area contributed by atoms with E-state index in [1.807, 2.05) is 31.2 Å². The van der Waals surface area contributed by atoms with E-state index >= 15 is 0 Å². The lowest BCUT2D eigenvalue weighted by Gasteiger charge is -2.07. The maximum Gasteiger partial charge on any atom is 0.151 e. The number of rotatable bonds is 3.